The van der Waals surface area contributed by atoms with Crippen molar-refractivity contribution in [2.24, 2.45) is 0 Å². The molecule has 194 valence electrons. The molecule has 0 spiro atoms. The van der Waals surface area contributed by atoms with Crippen molar-refractivity contribution in [3.8, 4) is 16.9 Å². The minimum atomic E-state index is -0.466. The minimum absolute atomic E-state index is 0.0580. The van der Waals surface area contributed by atoms with Crippen LogP contribution in [0.2, 0.25) is 0 Å². The smallest absolute Gasteiger partial charge is 0.340 e. The Bertz CT molecular complexity index is 1540. The van der Waals surface area contributed by atoms with Gasteiger partial charge >= 0.3 is 5.97 Å². The van der Waals surface area contributed by atoms with E-state index in [4.69, 9.17) is 19.2 Å². The summed E-state index contributed by atoms with van der Waals surface area (Å²) in [6.45, 7) is 2.93. The molecule has 0 amide bonds. The second kappa shape index (κ2) is 10.0. The van der Waals surface area contributed by atoms with E-state index in [1.807, 2.05) is 49.4 Å². The second-order valence-corrected chi connectivity index (χ2v) is 9.86. The molecule has 4 aromatic rings. The van der Waals surface area contributed by atoms with Gasteiger partial charge in [0, 0.05) is 41.9 Å². The van der Waals surface area contributed by atoms with Gasteiger partial charge in [0.2, 0.25) is 0 Å². The zero-order valence-electron chi connectivity index (χ0n) is 21.5. The number of H-pyrrole nitrogens is 1. The average molecular weight is 512 g/mol. The number of benzene rings is 2. The number of esters is 1. The summed E-state index contributed by atoms with van der Waals surface area (Å²) >= 11 is 0. The number of carbonyl (C=O) groups excluding carboxylic acids is 2. The van der Waals surface area contributed by atoms with Crippen LogP contribution in [-0.2, 0) is 15.9 Å². The van der Waals surface area contributed by atoms with Crippen molar-refractivity contribution in [1.29, 1.82) is 0 Å². The number of para-hydroxylation sites is 2. The molecular formula is C30H29N3O5. The number of methoxy groups -OCH3 is 1. The van der Waals surface area contributed by atoms with E-state index in [0.29, 0.717) is 71.6 Å². The second-order valence-electron chi connectivity index (χ2n) is 9.86. The highest BCUT2D eigenvalue weighted by Crippen LogP contribution is 2.43. The number of rotatable bonds is 5. The van der Waals surface area contributed by atoms with E-state index < -0.39 is 5.97 Å². The molecule has 0 bridgehead atoms. The number of Topliss-reactive ketones (excluding diaryl/α,β-unsaturated/α-hetero) is 1. The highest BCUT2D eigenvalue weighted by molar-refractivity contribution is 6.13. The number of carbonyl (C=O) groups is 2. The maximum absolute atomic E-state index is 13.9. The number of ketones is 1. The molecule has 3 heterocycles. The van der Waals surface area contributed by atoms with Gasteiger partial charge in [-0.1, -0.05) is 30.3 Å². The molecular weight excluding hydrogens is 482 g/mol. The Morgan fingerprint density at radius 1 is 1.05 bits per heavy atom. The lowest BCUT2D eigenvalue weighted by Crippen LogP contribution is -2.28. The molecule has 1 atom stereocenters. The molecule has 1 aliphatic carbocycles. The summed E-state index contributed by atoms with van der Waals surface area (Å²) in [6.07, 6.45) is 3.53. The van der Waals surface area contributed by atoms with Crippen LogP contribution in [0.25, 0.3) is 22.2 Å². The van der Waals surface area contributed by atoms with Crippen LogP contribution in [0, 0.1) is 6.92 Å². The minimum Gasteiger partial charge on any atom is -0.496 e. The lowest BCUT2D eigenvalue weighted by molar-refractivity contribution is -0.0159. The molecule has 1 unspecified atom stereocenters. The van der Waals surface area contributed by atoms with Crippen LogP contribution < -0.4 is 4.74 Å². The van der Waals surface area contributed by atoms with E-state index in [2.05, 4.69) is 9.97 Å². The Morgan fingerprint density at radius 3 is 2.68 bits per heavy atom. The highest BCUT2D eigenvalue weighted by atomic mass is 16.6. The molecule has 2 aromatic heterocycles. The Hall–Kier alpha value is -4.04. The molecule has 1 aliphatic heterocycles. The number of ether oxygens (including phenoxy) is 3. The third-order valence-corrected chi connectivity index (χ3v) is 7.55. The fourth-order valence-electron chi connectivity index (χ4n) is 5.76. The lowest BCUT2D eigenvalue weighted by atomic mass is 9.77. The SMILES string of the molecule is COc1ccccc1C1CC(=O)c2c(nc(C)c(C(=O)OC3CCOCC3)c2-c2cccc3[nH]cnc23)C1. The summed E-state index contributed by atoms with van der Waals surface area (Å²) in [5, 5.41) is 0. The number of aromatic amines is 1. The van der Waals surface area contributed by atoms with E-state index in [0.717, 1.165) is 16.8 Å². The average Bonchev–Trinajstić information content (AvgIpc) is 3.42. The number of fused-ring (bicyclic) bond motifs is 2. The third-order valence-electron chi connectivity index (χ3n) is 7.55. The van der Waals surface area contributed by atoms with Gasteiger partial charge in [-0.25, -0.2) is 9.78 Å². The molecule has 8 heteroatoms. The molecule has 1 N–H and O–H groups in total. The maximum Gasteiger partial charge on any atom is 0.340 e. The van der Waals surface area contributed by atoms with Crippen LogP contribution in [0.3, 0.4) is 0 Å². The van der Waals surface area contributed by atoms with Crippen molar-refractivity contribution < 1.29 is 23.8 Å². The van der Waals surface area contributed by atoms with Crippen LogP contribution in [-0.4, -0.2) is 53.1 Å². The molecule has 38 heavy (non-hydrogen) atoms. The largest absolute Gasteiger partial charge is 0.496 e. The van der Waals surface area contributed by atoms with Gasteiger partial charge in [-0.3, -0.25) is 9.78 Å². The van der Waals surface area contributed by atoms with Gasteiger partial charge in [0.15, 0.2) is 5.78 Å². The van der Waals surface area contributed by atoms with Crippen molar-refractivity contribution in [2.75, 3.05) is 20.3 Å². The summed E-state index contributed by atoms with van der Waals surface area (Å²) in [4.78, 5) is 40.2. The first kappa shape index (κ1) is 24.3. The number of aromatic nitrogens is 3. The van der Waals surface area contributed by atoms with E-state index in [1.54, 1.807) is 13.4 Å². The van der Waals surface area contributed by atoms with Gasteiger partial charge in [-0.15, -0.1) is 0 Å². The van der Waals surface area contributed by atoms with Crippen LogP contribution in [0.5, 0.6) is 5.75 Å². The predicted octanol–water partition coefficient (Wildman–Crippen LogP) is 5.19. The summed E-state index contributed by atoms with van der Waals surface area (Å²) in [7, 11) is 1.64. The van der Waals surface area contributed by atoms with Crippen molar-refractivity contribution in [3.63, 3.8) is 0 Å². The van der Waals surface area contributed by atoms with Crippen LogP contribution in [0.15, 0.2) is 48.8 Å². The molecule has 0 radical (unpaired) electrons. The van der Waals surface area contributed by atoms with E-state index in [-0.39, 0.29) is 24.2 Å². The lowest BCUT2D eigenvalue weighted by Gasteiger charge is -2.28. The predicted molar refractivity (Wildman–Crippen MR) is 142 cm³/mol. The Balaban J connectivity index is 1.52. The first-order valence-electron chi connectivity index (χ1n) is 13.0. The van der Waals surface area contributed by atoms with Crippen LogP contribution >= 0.6 is 0 Å². The molecule has 2 aliphatic rings. The number of imidazole rings is 1. The number of nitrogens with one attached hydrogen (secondary N) is 1. The van der Waals surface area contributed by atoms with Gasteiger partial charge in [-0.2, -0.15) is 0 Å². The van der Waals surface area contributed by atoms with Gasteiger partial charge in [0.25, 0.3) is 0 Å². The number of nitrogens with zero attached hydrogens (tertiary/aromatic N) is 2. The molecule has 8 nitrogen and oxygen atoms in total. The van der Waals surface area contributed by atoms with Crippen LogP contribution in [0.4, 0.5) is 0 Å². The van der Waals surface area contributed by atoms with Gasteiger partial charge in [0.1, 0.15) is 11.9 Å². The molecule has 2 aromatic carbocycles. The standard InChI is InChI=1S/C30H29N3O5/c1-17-26(30(35)38-19-10-12-37-13-11-19)27(21-7-5-8-22-29(21)32-16-31-22)28-23(33-17)14-18(15-24(28)34)20-6-3-4-9-25(20)36-2/h3-9,16,18-19H,10-15H2,1-2H3,(H,31,32). The quantitative estimate of drug-likeness (QED) is 0.368. The Morgan fingerprint density at radius 2 is 1.87 bits per heavy atom. The molecule has 1 saturated heterocycles. The number of hydrogen-bond acceptors (Lipinski definition) is 7. The van der Waals surface area contributed by atoms with E-state index >= 15 is 0 Å². The molecule has 6 rings (SSSR count). The van der Waals surface area contributed by atoms with Crippen molar-refractivity contribution >= 4 is 22.8 Å². The van der Waals surface area contributed by atoms with Crippen molar-refractivity contribution in [2.45, 2.75) is 44.6 Å². The fraction of sp³-hybridized carbons (Fsp3) is 0.333. The normalized spacial score (nSPS) is 17.8. The Kier molecular flexibility index (Phi) is 6.41. The zero-order chi connectivity index (χ0) is 26.2. The third kappa shape index (κ3) is 4.24. The summed E-state index contributed by atoms with van der Waals surface area (Å²) in [5.74, 6) is 0.153. The van der Waals surface area contributed by atoms with Crippen LogP contribution in [0.1, 0.15) is 62.8 Å². The number of hydrogen-bond donors (Lipinski definition) is 1. The van der Waals surface area contributed by atoms with E-state index in [1.165, 1.54) is 0 Å². The van der Waals surface area contributed by atoms with Gasteiger partial charge in [-0.05, 0) is 31.0 Å². The highest BCUT2D eigenvalue weighted by Gasteiger charge is 2.36. The van der Waals surface area contributed by atoms with Gasteiger partial charge in [0.05, 0.1) is 54.6 Å². The Labute approximate surface area is 220 Å². The summed E-state index contributed by atoms with van der Waals surface area (Å²) < 4.78 is 17.0. The van der Waals surface area contributed by atoms with E-state index in [9.17, 15) is 9.59 Å². The topological polar surface area (TPSA) is 103 Å². The molecule has 0 saturated carbocycles. The van der Waals surface area contributed by atoms with Gasteiger partial charge < -0.3 is 19.2 Å². The number of pyridine rings is 1. The fourth-order valence-corrected chi connectivity index (χ4v) is 5.76. The van der Waals surface area contributed by atoms with Crippen molar-refractivity contribution in [3.05, 3.63) is 76.9 Å². The first-order chi connectivity index (χ1) is 18.5. The first-order valence-corrected chi connectivity index (χ1v) is 13.0. The number of aryl methyl sites for hydroxylation is 1. The van der Waals surface area contributed by atoms with Crippen molar-refractivity contribution in [1.82, 2.24) is 15.0 Å². The maximum atomic E-state index is 13.9. The zero-order valence-corrected chi connectivity index (χ0v) is 21.5. The summed E-state index contributed by atoms with van der Waals surface area (Å²) in [5.41, 5.74) is 5.80. The monoisotopic (exact) mass is 511 g/mol. The summed E-state index contributed by atoms with van der Waals surface area (Å²) in [6, 6.07) is 13.5. The molecule has 1 fully saturated rings.